The number of hydrogen-bond donors (Lipinski definition) is 1. The van der Waals surface area contributed by atoms with E-state index in [0.29, 0.717) is 25.6 Å². The molecule has 6 nitrogen and oxygen atoms in total. The highest BCUT2D eigenvalue weighted by Crippen LogP contribution is 2.26. The van der Waals surface area contributed by atoms with Crippen LogP contribution >= 0.6 is 0 Å². The molecule has 0 spiro atoms. The van der Waals surface area contributed by atoms with Crippen LogP contribution in [0.1, 0.15) is 49.4 Å². The molecule has 1 amide bonds. The molecule has 23 heavy (non-hydrogen) atoms. The molecule has 0 unspecified atom stereocenters. The molecule has 1 N–H and O–H groups in total. The molecule has 2 aliphatic heterocycles. The maximum absolute atomic E-state index is 12.4. The van der Waals surface area contributed by atoms with Gasteiger partial charge in [0.1, 0.15) is 0 Å². The third-order valence-electron chi connectivity index (χ3n) is 4.71. The lowest BCUT2D eigenvalue weighted by atomic mass is 9.94. The second-order valence-electron chi connectivity index (χ2n) is 6.61. The minimum atomic E-state index is 0.189. The van der Waals surface area contributed by atoms with Crippen LogP contribution in [-0.4, -0.2) is 60.0 Å². The second kappa shape index (κ2) is 7.93. The number of likely N-dealkylation sites (tertiary alicyclic amines) is 1. The number of nitrogens with one attached hydrogen (secondary N) is 1. The third-order valence-corrected chi connectivity index (χ3v) is 4.71. The summed E-state index contributed by atoms with van der Waals surface area (Å²) in [7, 11) is 0. The van der Waals surface area contributed by atoms with E-state index >= 15 is 0 Å². The first-order chi connectivity index (χ1) is 11.2. The maximum atomic E-state index is 12.4. The molecule has 1 aromatic heterocycles. The van der Waals surface area contributed by atoms with Crippen LogP contribution in [0.4, 0.5) is 0 Å². The molecule has 0 aromatic carbocycles. The quantitative estimate of drug-likeness (QED) is 0.814. The molecule has 3 rings (SSSR count). The Labute approximate surface area is 137 Å². The molecular weight excluding hydrogens is 294 g/mol. The van der Waals surface area contributed by atoms with Crippen LogP contribution in [0, 0.1) is 6.92 Å². The third kappa shape index (κ3) is 4.54. The van der Waals surface area contributed by atoms with Gasteiger partial charge in [-0.2, -0.15) is 5.10 Å². The van der Waals surface area contributed by atoms with Gasteiger partial charge >= 0.3 is 0 Å². The first-order valence-electron chi connectivity index (χ1n) is 8.71. The molecule has 0 bridgehead atoms. The Morgan fingerprint density at radius 3 is 3.13 bits per heavy atom. The van der Waals surface area contributed by atoms with Gasteiger partial charge in [0.2, 0.25) is 5.91 Å². The van der Waals surface area contributed by atoms with Crippen molar-refractivity contribution in [1.29, 1.82) is 0 Å². The topological polar surface area (TPSA) is 67.5 Å². The lowest BCUT2D eigenvalue weighted by Gasteiger charge is -2.32. The molecule has 2 fully saturated rings. The van der Waals surface area contributed by atoms with Crippen molar-refractivity contribution in [2.24, 2.45) is 0 Å². The number of rotatable bonds is 6. The van der Waals surface area contributed by atoms with E-state index in [1.165, 1.54) is 0 Å². The summed E-state index contributed by atoms with van der Waals surface area (Å²) in [6.07, 6.45) is 5.02. The lowest BCUT2D eigenvalue weighted by molar-refractivity contribution is -0.133. The van der Waals surface area contributed by atoms with Crippen molar-refractivity contribution >= 4 is 5.91 Å². The maximum Gasteiger partial charge on any atom is 0.224 e. The second-order valence-corrected chi connectivity index (χ2v) is 6.61. The lowest BCUT2D eigenvalue weighted by Crippen LogP contribution is -2.39. The number of aryl methyl sites for hydroxylation is 1. The SMILES string of the molecule is Cc1cc([C@H]2CCCN(C(=O)CCOC[C@H]3CCCO3)C2)n[nH]1. The summed E-state index contributed by atoms with van der Waals surface area (Å²) in [5, 5.41) is 7.34. The summed E-state index contributed by atoms with van der Waals surface area (Å²) in [5.41, 5.74) is 2.15. The monoisotopic (exact) mass is 321 g/mol. The number of aromatic amines is 1. The van der Waals surface area contributed by atoms with Gasteiger partial charge in [-0.05, 0) is 38.7 Å². The number of carbonyl (C=O) groups excluding carboxylic acids is 1. The van der Waals surface area contributed by atoms with Gasteiger partial charge in [-0.1, -0.05) is 0 Å². The van der Waals surface area contributed by atoms with E-state index < -0.39 is 0 Å². The number of hydrogen-bond acceptors (Lipinski definition) is 4. The highest BCUT2D eigenvalue weighted by Gasteiger charge is 2.26. The Morgan fingerprint density at radius 1 is 1.48 bits per heavy atom. The summed E-state index contributed by atoms with van der Waals surface area (Å²) >= 11 is 0. The highest BCUT2D eigenvalue weighted by molar-refractivity contribution is 5.76. The van der Waals surface area contributed by atoms with Crippen LogP contribution in [0.15, 0.2) is 6.07 Å². The Hall–Kier alpha value is -1.40. The zero-order chi connectivity index (χ0) is 16.1. The first-order valence-corrected chi connectivity index (χ1v) is 8.71. The van der Waals surface area contributed by atoms with E-state index in [1.54, 1.807) is 0 Å². The number of amides is 1. The predicted octanol–water partition coefficient (Wildman–Crippen LogP) is 2.01. The minimum absolute atomic E-state index is 0.189. The number of piperidine rings is 1. The van der Waals surface area contributed by atoms with Crippen molar-refractivity contribution < 1.29 is 14.3 Å². The number of ether oxygens (including phenoxy) is 2. The molecule has 2 atom stereocenters. The Kier molecular flexibility index (Phi) is 5.67. The van der Waals surface area contributed by atoms with Crippen LogP contribution in [0.5, 0.6) is 0 Å². The van der Waals surface area contributed by atoms with Crippen LogP contribution in [-0.2, 0) is 14.3 Å². The van der Waals surface area contributed by atoms with Crippen molar-refractivity contribution in [3.05, 3.63) is 17.5 Å². The van der Waals surface area contributed by atoms with Gasteiger partial charge in [0, 0.05) is 31.3 Å². The number of aromatic nitrogens is 2. The summed E-state index contributed by atoms with van der Waals surface area (Å²) in [4.78, 5) is 14.3. The highest BCUT2D eigenvalue weighted by atomic mass is 16.5. The zero-order valence-electron chi connectivity index (χ0n) is 13.9. The molecule has 2 aliphatic rings. The average molecular weight is 321 g/mol. The van der Waals surface area contributed by atoms with E-state index in [2.05, 4.69) is 16.3 Å². The van der Waals surface area contributed by atoms with Crippen molar-refractivity contribution in [3.63, 3.8) is 0 Å². The smallest absolute Gasteiger partial charge is 0.224 e. The number of carbonyl (C=O) groups is 1. The molecule has 0 aliphatic carbocycles. The molecular formula is C17H27N3O3. The number of nitrogens with zero attached hydrogens (tertiary/aromatic N) is 2. The fourth-order valence-corrected chi connectivity index (χ4v) is 3.40. The fraction of sp³-hybridized carbons (Fsp3) is 0.765. The minimum Gasteiger partial charge on any atom is -0.378 e. The summed E-state index contributed by atoms with van der Waals surface area (Å²) in [6, 6.07) is 2.09. The van der Waals surface area contributed by atoms with E-state index in [9.17, 15) is 4.79 Å². The first kappa shape index (κ1) is 16.5. The van der Waals surface area contributed by atoms with E-state index in [-0.39, 0.29) is 12.0 Å². The van der Waals surface area contributed by atoms with Gasteiger partial charge in [0.25, 0.3) is 0 Å². The molecule has 1 aromatic rings. The Balaban J connectivity index is 1.40. The van der Waals surface area contributed by atoms with Gasteiger partial charge in [-0.25, -0.2) is 0 Å². The predicted molar refractivity (Wildman–Crippen MR) is 86.3 cm³/mol. The van der Waals surface area contributed by atoms with Gasteiger partial charge in [0.15, 0.2) is 0 Å². The number of H-pyrrole nitrogens is 1. The van der Waals surface area contributed by atoms with E-state index in [4.69, 9.17) is 9.47 Å². The standard InChI is InChI=1S/C17H27N3O3/c1-13-10-16(19-18-13)14-4-2-7-20(11-14)17(21)6-9-22-12-15-5-3-8-23-15/h10,14-15H,2-9,11-12H2,1H3,(H,18,19)/t14-,15+/m0/s1. The van der Waals surface area contributed by atoms with Gasteiger partial charge in [0.05, 0.1) is 31.4 Å². The van der Waals surface area contributed by atoms with Crippen molar-refractivity contribution in [2.75, 3.05) is 32.9 Å². The van der Waals surface area contributed by atoms with Crippen LogP contribution in [0.2, 0.25) is 0 Å². The normalized spacial score (nSPS) is 25.0. The molecule has 2 saturated heterocycles. The largest absolute Gasteiger partial charge is 0.378 e. The zero-order valence-corrected chi connectivity index (χ0v) is 13.9. The van der Waals surface area contributed by atoms with E-state index in [1.807, 2.05) is 11.8 Å². The molecule has 0 radical (unpaired) electrons. The van der Waals surface area contributed by atoms with Crippen LogP contribution in [0.25, 0.3) is 0 Å². The molecule has 3 heterocycles. The van der Waals surface area contributed by atoms with Gasteiger partial charge in [-0.15, -0.1) is 0 Å². The van der Waals surface area contributed by atoms with Crippen molar-refractivity contribution in [1.82, 2.24) is 15.1 Å². The summed E-state index contributed by atoms with van der Waals surface area (Å²) in [5.74, 6) is 0.541. The van der Waals surface area contributed by atoms with Gasteiger partial charge < -0.3 is 14.4 Å². The Morgan fingerprint density at radius 2 is 2.39 bits per heavy atom. The molecule has 128 valence electrons. The van der Waals surface area contributed by atoms with Crippen LogP contribution in [0.3, 0.4) is 0 Å². The van der Waals surface area contributed by atoms with Crippen LogP contribution < -0.4 is 0 Å². The average Bonchev–Trinajstić information content (AvgIpc) is 3.23. The van der Waals surface area contributed by atoms with Gasteiger partial charge in [-0.3, -0.25) is 9.89 Å². The molecule has 6 heteroatoms. The fourth-order valence-electron chi connectivity index (χ4n) is 3.40. The molecule has 0 saturated carbocycles. The summed E-state index contributed by atoms with van der Waals surface area (Å²) < 4.78 is 11.1. The summed E-state index contributed by atoms with van der Waals surface area (Å²) in [6.45, 7) is 5.57. The van der Waals surface area contributed by atoms with Crippen molar-refractivity contribution in [2.45, 2.75) is 51.0 Å². The van der Waals surface area contributed by atoms with Crippen molar-refractivity contribution in [3.8, 4) is 0 Å². The van der Waals surface area contributed by atoms with E-state index in [0.717, 1.165) is 56.8 Å². The Bertz CT molecular complexity index is 511.